The molecule has 0 aliphatic rings. The highest BCUT2D eigenvalue weighted by atomic mass is 16.3. The fraction of sp³-hybridized carbons (Fsp3) is 0.750. The van der Waals surface area contributed by atoms with Crippen molar-refractivity contribution in [1.29, 1.82) is 0 Å². The quantitative estimate of drug-likeness (QED) is 0.639. The molecule has 0 atom stereocenters. The molecular weight excluding hydrogens is 126 g/mol. The van der Waals surface area contributed by atoms with Gasteiger partial charge < -0.3 is 10.0 Å². The summed E-state index contributed by atoms with van der Waals surface area (Å²) in [5.74, 6) is 0. The highest BCUT2D eigenvalue weighted by Crippen LogP contribution is 2.00. The van der Waals surface area contributed by atoms with Gasteiger partial charge in [0.2, 0.25) is 0 Å². The predicted octanol–water partition coefficient (Wildman–Crippen LogP) is 1.22. The maximum Gasteiger partial charge on any atom is 0.0606 e. The van der Waals surface area contributed by atoms with Crippen LogP contribution in [0.25, 0.3) is 0 Å². The second-order valence-electron chi connectivity index (χ2n) is 2.23. The highest BCUT2D eigenvalue weighted by molar-refractivity contribution is 4.94. The van der Waals surface area contributed by atoms with Crippen LogP contribution in [-0.2, 0) is 0 Å². The minimum Gasteiger partial charge on any atom is -0.395 e. The number of likely N-dealkylation sites (N-methyl/N-ethyl adjacent to an activating group) is 1. The van der Waals surface area contributed by atoms with Crippen molar-refractivity contribution in [3.63, 3.8) is 0 Å². The van der Waals surface area contributed by atoms with E-state index in [1.165, 1.54) is 5.70 Å². The number of aliphatic hydroxyl groups is 1. The Morgan fingerprint density at radius 2 is 2.20 bits per heavy atom. The minimum absolute atomic E-state index is 0.235. The van der Waals surface area contributed by atoms with E-state index in [0.29, 0.717) is 0 Å². The first-order valence-electron chi connectivity index (χ1n) is 3.75. The van der Waals surface area contributed by atoms with Crippen LogP contribution in [0.3, 0.4) is 0 Å². The zero-order valence-electron chi connectivity index (χ0n) is 7.09. The van der Waals surface area contributed by atoms with Gasteiger partial charge in [-0.2, -0.15) is 0 Å². The van der Waals surface area contributed by atoms with Crippen LogP contribution in [0, 0.1) is 0 Å². The van der Waals surface area contributed by atoms with Gasteiger partial charge in [-0.1, -0.05) is 6.08 Å². The van der Waals surface area contributed by atoms with E-state index in [9.17, 15) is 0 Å². The van der Waals surface area contributed by atoms with Crippen molar-refractivity contribution < 1.29 is 5.11 Å². The largest absolute Gasteiger partial charge is 0.395 e. The molecule has 0 aromatic rings. The summed E-state index contributed by atoms with van der Waals surface area (Å²) in [5.41, 5.74) is 1.23. The van der Waals surface area contributed by atoms with Crippen LogP contribution in [0.4, 0.5) is 0 Å². The standard InChI is InChI=1S/C8H17NO/c1-4-8(3)9(5-2)6-7-10/h4,10H,5-7H2,1-3H3/b8-4+. The lowest BCUT2D eigenvalue weighted by atomic mass is 10.4. The summed E-state index contributed by atoms with van der Waals surface area (Å²) >= 11 is 0. The van der Waals surface area contributed by atoms with Gasteiger partial charge in [-0.15, -0.1) is 0 Å². The van der Waals surface area contributed by atoms with Gasteiger partial charge in [0, 0.05) is 18.8 Å². The number of nitrogens with zero attached hydrogens (tertiary/aromatic N) is 1. The van der Waals surface area contributed by atoms with E-state index >= 15 is 0 Å². The molecule has 10 heavy (non-hydrogen) atoms. The number of hydrogen-bond donors (Lipinski definition) is 1. The third-order valence-corrected chi connectivity index (χ3v) is 1.67. The van der Waals surface area contributed by atoms with Crippen LogP contribution < -0.4 is 0 Å². The van der Waals surface area contributed by atoms with Gasteiger partial charge in [0.25, 0.3) is 0 Å². The van der Waals surface area contributed by atoms with Crippen molar-refractivity contribution in [3.8, 4) is 0 Å². The highest BCUT2D eigenvalue weighted by Gasteiger charge is 1.98. The first kappa shape index (κ1) is 9.50. The minimum atomic E-state index is 0.235. The molecule has 0 saturated carbocycles. The van der Waals surface area contributed by atoms with E-state index in [2.05, 4.69) is 24.8 Å². The summed E-state index contributed by atoms with van der Waals surface area (Å²) in [7, 11) is 0. The van der Waals surface area contributed by atoms with Crippen molar-refractivity contribution in [2.45, 2.75) is 20.8 Å². The number of rotatable bonds is 4. The second kappa shape index (κ2) is 5.30. The summed E-state index contributed by atoms with van der Waals surface area (Å²) < 4.78 is 0. The van der Waals surface area contributed by atoms with Gasteiger partial charge in [0.15, 0.2) is 0 Å². The van der Waals surface area contributed by atoms with Crippen LogP contribution >= 0.6 is 0 Å². The fourth-order valence-electron chi connectivity index (χ4n) is 0.887. The molecule has 0 aliphatic heterocycles. The SMILES string of the molecule is C/C=C(\C)N(CC)CCO. The molecule has 0 rings (SSSR count). The van der Waals surface area contributed by atoms with Crippen molar-refractivity contribution >= 4 is 0 Å². The van der Waals surface area contributed by atoms with Gasteiger partial charge in [0.1, 0.15) is 0 Å². The Labute approximate surface area is 63.2 Å². The zero-order chi connectivity index (χ0) is 7.98. The Hall–Kier alpha value is -0.500. The molecule has 0 heterocycles. The van der Waals surface area contributed by atoms with Gasteiger partial charge in [-0.05, 0) is 20.8 Å². The van der Waals surface area contributed by atoms with Crippen LogP contribution in [0.15, 0.2) is 11.8 Å². The Morgan fingerprint density at radius 3 is 2.50 bits per heavy atom. The maximum atomic E-state index is 8.64. The number of allylic oxidation sites excluding steroid dienone is 2. The molecule has 0 unspecified atom stereocenters. The number of hydrogen-bond acceptors (Lipinski definition) is 2. The molecule has 2 nitrogen and oxygen atoms in total. The third kappa shape index (κ3) is 2.87. The summed E-state index contributed by atoms with van der Waals surface area (Å²) in [6, 6.07) is 0. The Kier molecular flexibility index (Phi) is 5.03. The Morgan fingerprint density at radius 1 is 1.60 bits per heavy atom. The molecule has 0 aliphatic carbocycles. The van der Waals surface area contributed by atoms with Gasteiger partial charge in [-0.3, -0.25) is 0 Å². The lowest BCUT2D eigenvalue weighted by Gasteiger charge is -2.21. The second-order valence-corrected chi connectivity index (χ2v) is 2.23. The molecule has 0 radical (unpaired) electrons. The van der Waals surface area contributed by atoms with Gasteiger partial charge in [0.05, 0.1) is 6.61 Å². The lowest BCUT2D eigenvalue weighted by Crippen LogP contribution is -2.24. The van der Waals surface area contributed by atoms with E-state index in [1.807, 2.05) is 6.92 Å². The van der Waals surface area contributed by atoms with E-state index in [1.54, 1.807) is 0 Å². The van der Waals surface area contributed by atoms with Crippen molar-refractivity contribution in [1.82, 2.24) is 4.90 Å². The zero-order valence-corrected chi connectivity index (χ0v) is 7.09. The number of aliphatic hydroxyl groups excluding tert-OH is 1. The third-order valence-electron chi connectivity index (χ3n) is 1.67. The average molecular weight is 143 g/mol. The molecule has 0 aromatic carbocycles. The first-order valence-corrected chi connectivity index (χ1v) is 3.75. The summed E-state index contributed by atoms with van der Waals surface area (Å²) in [6.45, 7) is 8.10. The Balaban J connectivity index is 3.80. The summed E-state index contributed by atoms with van der Waals surface area (Å²) in [4.78, 5) is 2.14. The summed E-state index contributed by atoms with van der Waals surface area (Å²) in [5, 5.41) is 8.64. The van der Waals surface area contributed by atoms with Crippen LogP contribution in [0.1, 0.15) is 20.8 Å². The first-order chi connectivity index (χ1) is 4.76. The molecule has 2 heteroatoms. The molecule has 0 amide bonds. The topological polar surface area (TPSA) is 23.5 Å². The molecule has 0 spiro atoms. The monoisotopic (exact) mass is 143 g/mol. The van der Waals surface area contributed by atoms with Crippen molar-refractivity contribution in [3.05, 3.63) is 11.8 Å². The normalized spacial score (nSPS) is 11.8. The summed E-state index contributed by atoms with van der Waals surface area (Å²) in [6.07, 6.45) is 2.05. The predicted molar refractivity (Wildman–Crippen MR) is 43.8 cm³/mol. The molecular formula is C8H17NO. The molecule has 0 saturated heterocycles. The fourth-order valence-corrected chi connectivity index (χ4v) is 0.887. The molecule has 0 aromatic heterocycles. The average Bonchev–Trinajstić information content (AvgIpc) is 1.99. The molecule has 0 fully saturated rings. The molecule has 0 bridgehead atoms. The van der Waals surface area contributed by atoms with E-state index in [0.717, 1.165) is 13.1 Å². The lowest BCUT2D eigenvalue weighted by molar-refractivity contribution is 0.231. The van der Waals surface area contributed by atoms with E-state index in [-0.39, 0.29) is 6.61 Å². The van der Waals surface area contributed by atoms with Gasteiger partial charge in [-0.25, -0.2) is 0 Å². The smallest absolute Gasteiger partial charge is 0.0606 e. The van der Waals surface area contributed by atoms with Crippen LogP contribution in [0.2, 0.25) is 0 Å². The van der Waals surface area contributed by atoms with Crippen LogP contribution in [-0.4, -0.2) is 29.7 Å². The Bertz CT molecular complexity index is 110. The molecule has 60 valence electrons. The maximum absolute atomic E-state index is 8.64. The molecule has 1 N–H and O–H groups in total. The van der Waals surface area contributed by atoms with Gasteiger partial charge >= 0.3 is 0 Å². The van der Waals surface area contributed by atoms with Crippen molar-refractivity contribution in [2.75, 3.05) is 19.7 Å². The van der Waals surface area contributed by atoms with E-state index in [4.69, 9.17) is 5.11 Å². The van der Waals surface area contributed by atoms with Crippen LogP contribution in [0.5, 0.6) is 0 Å². The van der Waals surface area contributed by atoms with E-state index < -0.39 is 0 Å². The van der Waals surface area contributed by atoms with Crippen molar-refractivity contribution in [2.24, 2.45) is 0 Å².